The molecule has 0 aliphatic rings. The molecule has 0 spiro atoms. The highest BCUT2D eigenvalue weighted by molar-refractivity contribution is 6.29. The molecule has 3 rings (SSSR count). The van der Waals surface area contributed by atoms with E-state index >= 15 is 0 Å². The highest BCUT2D eigenvalue weighted by Crippen LogP contribution is 2.26. The third-order valence-corrected chi connectivity index (χ3v) is 3.41. The van der Waals surface area contributed by atoms with Crippen LogP contribution in [0.4, 0.5) is 23.3 Å². The Bertz CT molecular complexity index is 926. The molecule has 11 nitrogen and oxygen atoms in total. The third-order valence-electron chi connectivity index (χ3n) is 3.21. The fraction of sp³-hybridized carbons (Fsp3) is 0.167. The first kappa shape index (κ1) is 15.7. The lowest BCUT2D eigenvalue weighted by Gasteiger charge is -2.09. The van der Waals surface area contributed by atoms with Gasteiger partial charge < -0.3 is 16.8 Å². The zero-order valence-corrected chi connectivity index (χ0v) is 12.9. The van der Waals surface area contributed by atoms with E-state index < -0.39 is 4.92 Å². The molecule has 3 heterocycles. The van der Waals surface area contributed by atoms with Gasteiger partial charge in [-0.05, 0) is 12.5 Å². The molecule has 0 unspecified atom stereocenters. The van der Waals surface area contributed by atoms with Crippen LogP contribution in [0.25, 0.3) is 5.65 Å². The van der Waals surface area contributed by atoms with Crippen LogP contribution in [0.5, 0.6) is 0 Å². The number of aromatic nitrogens is 5. The molecule has 3 aromatic rings. The number of anilines is 3. The zero-order chi connectivity index (χ0) is 17.3. The normalized spacial score (nSPS) is 10.9. The Morgan fingerprint density at radius 1 is 1.33 bits per heavy atom. The molecule has 24 heavy (non-hydrogen) atoms. The van der Waals surface area contributed by atoms with Crippen molar-refractivity contribution < 1.29 is 4.92 Å². The number of pyridine rings is 1. The van der Waals surface area contributed by atoms with E-state index in [9.17, 15) is 10.1 Å². The van der Waals surface area contributed by atoms with Gasteiger partial charge in [-0.25, -0.2) is 15.0 Å². The van der Waals surface area contributed by atoms with Gasteiger partial charge in [0.2, 0.25) is 11.8 Å². The predicted molar refractivity (Wildman–Crippen MR) is 87.7 cm³/mol. The lowest BCUT2D eigenvalue weighted by Crippen LogP contribution is -2.13. The standard InChI is InChI=1S/C12H12ClN9O2/c13-7-4-9-17-5-18-21(9)12(19-7)16-2-1-6-3-8(14)20-11(15)10(6)22(23)24/h3-5H,1-2H2,(H,16,19)(H4,14,15,20). The van der Waals surface area contributed by atoms with Gasteiger partial charge in [-0.3, -0.25) is 10.1 Å². The molecule has 124 valence electrons. The van der Waals surface area contributed by atoms with Crippen LogP contribution < -0.4 is 16.8 Å². The van der Waals surface area contributed by atoms with Crippen molar-refractivity contribution in [2.24, 2.45) is 0 Å². The summed E-state index contributed by atoms with van der Waals surface area (Å²) in [6.07, 6.45) is 1.64. The molecular formula is C12H12ClN9O2. The third kappa shape index (κ3) is 2.96. The van der Waals surface area contributed by atoms with Gasteiger partial charge in [0.25, 0.3) is 0 Å². The molecule has 0 aliphatic heterocycles. The summed E-state index contributed by atoms with van der Waals surface area (Å²) in [5.41, 5.74) is 11.8. The number of nitrogen functional groups attached to an aromatic ring is 2. The molecule has 5 N–H and O–H groups in total. The Kier molecular flexibility index (Phi) is 4.00. The second-order valence-corrected chi connectivity index (χ2v) is 5.19. The second kappa shape index (κ2) is 6.12. The van der Waals surface area contributed by atoms with Gasteiger partial charge in [0.1, 0.15) is 17.3 Å². The van der Waals surface area contributed by atoms with Gasteiger partial charge in [0.05, 0.1) is 4.92 Å². The fourth-order valence-electron chi connectivity index (χ4n) is 2.26. The maximum atomic E-state index is 11.1. The van der Waals surface area contributed by atoms with Crippen LogP contribution in [0.3, 0.4) is 0 Å². The number of hydrogen-bond donors (Lipinski definition) is 3. The highest BCUT2D eigenvalue weighted by atomic mass is 35.5. The number of hydrogen-bond acceptors (Lipinski definition) is 9. The first-order valence-corrected chi connectivity index (χ1v) is 7.13. The van der Waals surface area contributed by atoms with Gasteiger partial charge in [-0.15, -0.1) is 0 Å². The van der Waals surface area contributed by atoms with E-state index in [1.165, 1.54) is 16.9 Å². The van der Waals surface area contributed by atoms with Gasteiger partial charge in [-0.1, -0.05) is 11.6 Å². The minimum absolute atomic E-state index is 0.118. The SMILES string of the molecule is Nc1cc(CCNc2nc(Cl)cc3ncnn23)c([N+](=O)[O-])c(N)n1. The number of fused-ring (bicyclic) bond motifs is 1. The summed E-state index contributed by atoms with van der Waals surface area (Å²) in [6.45, 7) is 0.312. The van der Waals surface area contributed by atoms with E-state index in [0.29, 0.717) is 23.7 Å². The quantitative estimate of drug-likeness (QED) is 0.344. The first-order valence-electron chi connectivity index (χ1n) is 6.75. The molecule has 0 bridgehead atoms. The average molecular weight is 350 g/mol. The van der Waals surface area contributed by atoms with Crippen LogP contribution in [0.2, 0.25) is 5.15 Å². The largest absolute Gasteiger partial charge is 0.384 e. The number of nitrogens with two attached hydrogens (primary N) is 2. The molecule has 0 fully saturated rings. The topological polar surface area (TPSA) is 163 Å². The summed E-state index contributed by atoms with van der Waals surface area (Å²) in [6, 6.07) is 2.99. The molecular weight excluding hydrogens is 338 g/mol. The summed E-state index contributed by atoms with van der Waals surface area (Å²) in [5, 5.41) is 18.4. The lowest BCUT2D eigenvalue weighted by molar-refractivity contribution is -0.384. The molecule has 0 saturated heterocycles. The van der Waals surface area contributed by atoms with Gasteiger partial charge in [0.15, 0.2) is 5.65 Å². The van der Waals surface area contributed by atoms with E-state index in [4.69, 9.17) is 23.1 Å². The van der Waals surface area contributed by atoms with Gasteiger partial charge in [-0.2, -0.15) is 9.61 Å². The molecule has 12 heteroatoms. The second-order valence-electron chi connectivity index (χ2n) is 4.81. The van der Waals surface area contributed by atoms with Crippen molar-refractivity contribution in [3.05, 3.63) is 39.3 Å². The maximum absolute atomic E-state index is 11.1. The number of halogens is 1. The van der Waals surface area contributed by atoms with E-state index in [0.717, 1.165) is 0 Å². The van der Waals surface area contributed by atoms with Crippen LogP contribution in [0.1, 0.15) is 5.56 Å². The van der Waals surface area contributed by atoms with Crippen molar-refractivity contribution >= 4 is 40.5 Å². The monoisotopic (exact) mass is 349 g/mol. The lowest BCUT2D eigenvalue weighted by atomic mass is 10.1. The molecule has 0 aromatic carbocycles. The van der Waals surface area contributed by atoms with E-state index in [2.05, 4.69) is 25.4 Å². The van der Waals surface area contributed by atoms with E-state index in [1.54, 1.807) is 6.07 Å². The minimum Gasteiger partial charge on any atom is -0.384 e. The van der Waals surface area contributed by atoms with Crippen LogP contribution in [0.15, 0.2) is 18.5 Å². The van der Waals surface area contributed by atoms with Crippen LogP contribution in [-0.4, -0.2) is 36.0 Å². The minimum atomic E-state index is -0.579. The van der Waals surface area contributed by atoms with Crippen molar-refractivity contribution in [2.75, 3.05) is 23.3 Å². The predicted octanol–water partition coefficient (Wildman–Crippen LogP) is 0.900. The summed E-state index contributed by atoms with van der Waals surface area (Å²) in [5.74, 6) is 0.273. The van der Waals surface area contributed by atoms with Crippen molar-refractivity contribution in [3.8, 4) is 0 Å². The number of nitrogens with one attached hydrogen (secondary N) is 1. The number of rotatable bonds is 5. The van der Waals surface area contributed by atoms with Gasteiger partial charge in [0, 0.05) is 18.2 Å². The Hall–Kier alpha value is -3.21. The zero-order valence-electron chi connectivity index (χ0n) is 12.2. The van der Waals surface area contributed by atoms with Crippen LogP contribution >= 0.6 is 11.6 Å². The van der Waals surface area contributed by atoms with Crippen molar-refractivity contribution in [2.45, 2.75) is 6.42 Å². The molecule has 0 aliphatic carbocycles. The van der Waals surface area contributed by atoms with E-state index in [1.807, 2.05) is 0 Å². The summed E-state index contributed by atoms with van der Waals surface area (Å²) < 4.78 is 1.47. The molecule has 3 aromatic heterocycles. The number of nitrogens with zero attached hydrogens (tertiary/aromatic N) is 6. The Labute approximate surface area is 139 Å². The highest BCUT2D eigenvalue weighted by Gasteiger charge is 2.20. The maximum Gasteiger partial charge on any atom is 0.314 e. The Morgan fingerprint density at radius 3 is 2.88 bits per heavy atom. The molecule has 0 radical (unpaired) electrons. The van der Waals surface area contributed by atoms with Gasteiger partial charge >= 0.3 is 5.69 Å². The fourth-order valence-corrected chi connectivity index (χ4v) is 2.44. The Balaban J connectivity index is 1.82. The van der Waals surface area contributed by atoms with Crippen LogP contribution in [-0.2, 0) is 6.42 Å². The first-order chi connectivity index (χ1) is 11.5. The average Bonchev–Trinajstić information content (AvgIpc) is 2.94. The van der Waals surface area contributed by atoms with Crippen molar-refractivity contribution in [1.29, 1.82) is 0 Å². The van der Waals surface area contributed by atoms with Crippen molar-refractivity contribution in [1.82, 2.24) is 24.6 Å². The van der Waals surface area contributed by atoms with Crippen LogP contribution in [0, 0.1) is 10.1 Å². The molecule has 0 atom stereocenters. The molecule has 0 saturated carbocycles. The summed E-state index contributed by atoms with van der Waals surface area (Å²) in [4.78, 5) is 22.4. The van der Waals surface area contributed by atoms with Crippen molar-refractivity contribution in [3.63, 3.8) is 0 Å². The van der Waals surface area contributed by atoms with E-state index in [-0.39, 0.29) is 28.9 Å². The summed E-state index contributed by atoms with van der Waals surface area (Å²) in [7, 11) is 0. The summed E-state index contributed by atoms with van der Waals surface area (Å²) >= 11 is 5.92. The Morgan fingerprint density at radius 2 is 2.12 bits per heavy atom. The number of nitro groups is 1. The smallest absolute Gasteiger partial charge is 0.314 e. The molecule has 0 amide bonds.